The molecule has 1 saturated heterocycles. The lowest BCUT2D eigenvalue weighted by molar-refractivity contribution is -0.121. The lowest BCUT2D eigenvalue weighted by atomic mass is 9.98. The van der Waals surface area contributed by atoms with Crippen LogP contribution in [0.3, 0.4) is 0 Å². The molecule has 5 rings (SSSR count). The van der Waals surface area contributed by atoms with E-state index in [1.165, 1.54) is 9.58 Å². The molecule has 8 heteroatoms. The van der Waals surface area contributed by atoms with Crippen molar-refractivity contribution in [1.82, 2.24) is 14.8 Å². The van der Waals surface area contributed by atoms with E-state index in [1.807, 2.05) is 31.2 Å². The fourth-order valence-corrected chi connectivity index (χ4v) is 4.20. The van der Waals surface area contributed by atoms with Gasteiger partial charge in [-0.25, -0.2) is 4.90 Å². The molecule has 156 valence electrons. The number of hydrogen-bond donors (Lipinski definition) is 1. The van der Waals surface area contributed by atoms with Gasteiger partial charge in [-0.1, -0.05) is 37.3 Å². The predicted octanol–water partition coefficient (Wildman–Crippen LogP) is 3.22. The van der Waals surface area contributed by atoms with E-state index in [0.717, 1.165) is 5.56 Å². The number of imide groups is 1. The second-order valence-electron chi connectivity index (χ2n) is 7.56. The molecule has 0 aliphatic carbocycles. The highest BCUT2D eigenvalue weighted by atomic mass is 16.4. The van der Waals surface area contributed by atoms with E-state index in [0.29, 0.717) is 28.9 Å². The number of nitrogens with zero attached hydrogens (tertiary/aromatic N) is 3. The van der Waals surface area contributed by atoms with E-state index in [2.05, 4.69) is 10.1 Å². The van der Waals surface area contributed by atoms with Gasteiger partial charge in [0.05, 0.1) is 17.2 Å². The predicted molar refractivity (Wildman–Crippen MR) is 114 cm³/mol. The Balaban J connectivity index is 1.56. The molecular formula is C23H20N4O4. The van der Waals surface area contributed by atoms with Crippen molar-refractivity contribution in [2.45, 2.75) is 32.6 Å². The van der Waals surface area contributed by atoms with Gasteiger partial charge in [0.25, 0.3) is 5.56 Å². The van der Waals surface area contributed by atoms with Crippen LogP contribution >= 0.6 is 0 Å². The molecule has 1 N–H and O–H groups in total. The van der Waals surface area contributed by atoms with Crippen molar-refractivity contribution in [1.29, 1.82) is 0 Å². The number of nitrogens with one attached hydrogen (secondary N) is 1. The van der Waals surface area contributed by atoms with Crippen LogP contribution in [0, 0.1) is 6.92 Å². The summed E-state index contributed by atoms with van der Waals surface area (Å²) >= 11 is 0. The molecule has 3 heterocycles. The average molecular weight is 416 g/mol. The Morgan fingerprint density at radius 1 is 1.10 bits per heavy atom. The van der Waals surface area contributed by atoms with Gasteiger partial charge in [0.2, 0.25) is 11.8 Å². The van der Waals surface area contributed by atoms with Gasteiger partial charge in [0, 0.05) is 12.1 Å². The third kappa shape index (κ3) is 2.91. The van der Waals surface area contributed by atoms with Crippen LogP contribution in [0.2, 0.25) is 0 Å². The highest BCUT2D eigenvalue weighted by Gasteiger charge is 2.43. The first-order valence-electron chi connectivity index (χ1n) is 10.1. The van der Waals surface area contributed by atoms with Crippen molar-refractivity contribution in [2.24, 2.45) is 0 Å². The molecule has 2 aromatic carbocycles. The van der Waals surface area contributed by atoms with E-state index in [4.69, 9.17) is 4.42 Å². The molecule has 1 aliphatic rings. The van der Waals surface area contributed by atoms with Crippen molar-refractivity contribution in [3.05, 3.63) is 75.7 Å². The highest BCUT2D eigenvalue weighted by Crippen LogP contribution is 2.35. The fourth-order valence-electron chi connectivity index (χ4n) is 4.20. The zero-order chi connectivity index (χ0) is 21.7. The Bertz CT molecular complexity index is 1360. The molecule has 2 amide bonds. The summed E-state index contributed by atoms with van der Waals surface area (Å²) < 4.78 is 6.88. The Morgan fingerprint density at radius 2 is 1.84 bits per heavy atom. The number of hydrogen-bond acceptors (Lipinski definition) is 5. The number of amides is 2. The summed E-state index contributed by atoms with van der Waals surface area (Å²) in [4.78, 5) is 44.9. The lowest BCUT2D eigenvalue weighted by Gasteiger charge is -2.18. The minimum Gasteiger partial charge on any atom is -0.422 e. The summed E-state index contributed by atoms with van der Waals surface area (Å²) in [6, 6.07) is 14.6. The van der Waals surface area contributed by atoms with Crippen LogP contribution < -0.4 is 10.5 Å². The number of carbonyl (C=O) groups is 2. The number of aromatic amines is 1. The maximum Gasteiger partial charge on any atom is 0.325 e. The molecule has 2 aromatic heterocycles. The van der Waals surface area contributed by atoms with Gasteiger partial charge in [0.1, 0.15) is 5.52 Å². The largest absolute Gasteiger partial charge is 0.422 e. The smallest absolute Gasteiger partial charge is 0.325 e. The van der Waals surface area contributed by atoms with Crippen molar-refractivity contribution < 1.29 is 14.0 Å². The molecule has 8 nitrogen and oxygen atoms in total. The lowest BCUT2D eigenvalue weighted by Crippen LogP contribution is -2.32. The number of carbonyl (C=O) groups excluding carboxylic acids is 2. The molecule has 31 heavy (non-hydrogen) atoms. The molecule has 0 radical (unpaired) electrons. The van der Waals surface area contributed by atoms with E-state index in [9.17, 15) is 14.4 Å². The van der Waals surface area contributed by atoms with Crippen LogP contribution in [0.5, 0.6) is 0 Å². The first kappa shape index (κ1) is 19.0. The van der Waals surface area contributed by atoms with Crippen molar-refractivity contribution in [2.75, 3.05) is 4.90 Å². The highest BCUT2D eigenvalue weighted by molar-refractivity contribution is 6.23. The number of fused-ring (bicyclic) bond motifs is 1. The summed E-state index contributed by atoms with van der Waals surface area (Å²) in [6.45, 7) is 3.67. The van der Waals surface area contributed by atoms with Crippen LogP contribution in [0.15, 0.2) is 57.7 Å². The van der Waals surface area contributed by atoms with Crippen LogP contribution in [-0.2, 0) is 16.0 Å². The summed E-state index contributed by atoms with van der Waals surface area (Å²) in [5, 5.41) is 2.95. The summed E-state index contributed by atoms with van der Waals surface area (Å²) in [7, 11) is 0. The van der Waals surface area contributed by atoms with Gasteiger partial charge in [-0.3, -0.25) is 19.5 Å². The zero-order valence-corrected chi connectivity index (χ0v) is 17.1. The Labute approximate surface area is 177 Å². The van der Waals surface area contributed by atoms with Gasteiger partial charge in [-0.2, -0.15) is 9.67 Å². The van der Waals surface area contributed by atoms with Gasteiger partial charge >= 0.3 is 6.01 Å². The number of oxazole rings is 1. The van der Waals surface area contributed by atoms with E-state index in [-0.39, 0.29) is 23.9 Å². The Hall–Kier alpha value is -3.94. The summed E-state index contributed by atoms with van der Waals surface area (Å²) in [6.07, 6.45) is 0.629. The Morgan fingerprint density at radius 3 is 2.61 bits per heavy atom. The maximum atomic E-state index is 13.3. The zero-order valence-electron chi connectivity index (χ0n) is 17.1. The Kier molecular flexibility index (Phi) is 4.35. The number of benzene rings is 2. The first-order valence-corrected chi connectivity index (χ1v) is 10.1. The van der Waals surface area contributed by atoms with E-state index >= 15 is 0 Å². The SMILES string of the molecule is CCc1ccccc1N1C(=O)C[C@@H](c2c(C)[nH]n(-c3nc4ccccc4o3)c2=O)C1=O. The van der Waals surface area contributed by atoms with Gasteiger partial charge in [-0.05, 0) is 37.1 Å². The molecule has 0 spiro atoms. The quantitative estimate of drug-likeness (QED) is 0.515. The number of rotatable bonds is 4. The monoisotopic (exact) mass is 416 g/mol. The normalized spacial score (nSPS) is 16.6. The molecule has 1 atom stereocenters. The average Bonchev–Trinajstić information content (AvgIpc) is 3.41. The second kappa shape index (κ2) is 7.09. The minimum absolute atomic E-state index is 0.0572. The minimum atomic E-state index is -0.855. The van der Waals surface area contributed by atoms with Crippen molar-refractivity contribution >= 4 is 28.6 Å². The number of anilines is 1. The third-order valence-electron chi connectivity index (χ3n) is 5.70. The topological polar surface area (TPSA) is 101 Å². The second-order valence-corrected chi connectivity index (χ2v) is 7.56. The van der Waals surface area contributed by atoms with Crippen LogP contribution in [0.25, 0.3) is 17.1 Å². The van der Waals surface area contributed by atoms with E-state index < -0.39 is 17.4 Å². The van der Waals surface area contributed by atoms with E-state index in [1.54, 1.807) is 31.2 Å². The standard InChI is InChI=1S/C23H20N4O4/c1-3-14-8-4-6-10-17(14)26-19(28)12-15(21(26)29)20-13(2)25-27(22(20)30)23-24-16-9-5-7-11-18(16)31-23/h4-11,15,25H,3,12H2,1-2H3/t15-/m0/s1. The van der Waals surface area contributed by atoms with Crippen LogP contribution in [0.4, 0.5) is 5.69 Å². The molecule has 1 aliphatic heterocycles. The molecule has 0 bridgehead atoms. The first-order chi connectivity index (χ1) is 15.0. The molecular weight excluding hydrogens is 396 g/mol. The molecule has 4 aromatic rings. The van der Waals surface area contributed by atoms with Gasteiger partial charge in [-0.15, -0.1) is 0 Å². The number of H-pyrrole nitrogens is 1. The van der Waals surface area contributed by atoms with Crippen LogP contribution in [0.1, 0.15) is 36.1 Å². The number of aromatic nitrogens is 3. The van der Waals surface area contributed by atoms with Crippen LogP contribution in [-0.4, -0.2) is 26.6 Å². The maximum absolute atomic E-state index is 13.3. The summed E-state index contributed by atoms with van der Waals surface area (Å²) in [5.74, 6) is -1.56. The number of para-hydroxylation sites is 3. The third-order valence-corrected chi connectivity index (χ3v) is 5.70. The molecule has 0 unspecified atom stereocenters. The summed E-state index contributed by atoms with van der Waals surface area (Å²) in [5.41, 5.74) is 2.97. The van der Waals surface area contributed by atoms with Crippen molar-refractivity contribution in [3.8, 4) is 6.01 Å². The molecule has 0 saturated carbocycles. The molecule has 1 fully saturated rings. The number of aryl methyl sites for hydroxylation is 2. The fraction of sp³-hybridized carbons (Fsp3) is 0.217. The van der Waals surface area contributed by atoms with Crippen molar-refractivity contribution in [3.63, 3.8) is 0 Å². The van der Waals surface area contributed by atoms with Gasteiger partial charge < -0.3 is 4.42 Å². The van der Waals surface area contributed by atoms with Gasteiger partial charge in [0.15, 0.2) is 5.58 Å².